The summed E-state index contributed by atoms with van der Waals surface area (Å²) in [5, 5.41) is 1.03. The molecule has 0 bridgehead atoms. The number of aromatic nitrogens is 1. The van der Waals surface area contributed by atoms with E-state index in [2.05, 4.69) is 22.9 Å². The van der Waals surface area contributed by atoms with Crippen LogP contribution in [0.4, 0.5) is 5.69 Å². The van der Waals surface area contributed by atoms with Crippen LogP contribution in [0.5, 0.6) is 0 Å². The number of thioether (sulfide) groups is 1. The smallest absolute Gasteiger partial charge is 0.266 e. The molecule has 0 N–H and O–H groups in total. The molecular weight excluding hydrogens is 416 g/mol. The molecule has 2 aromatic rings. The van der Waals surface area contributed by atoms with Crippen LogP contribution in [0.1, 0.15) is 18.9 Å². The molecule has 6 nitrogen and oxygen atoms in total. The van der Waals surface area contributed by atoms with Crippen LogP contribution in [0.3, 0.4) is 0 Å². The first-order valence-corrected chi connectivity index (χ1v) is 11.5. The maximum atomic E-state index is 13.4. The quantitative estimate of drug-likeness (QED) is 0.536. The maximum Gasteiger partial charge on any atom is 0.266 e. The number of hydrogen-bond donors (Lipinski definition) is 0. The lowest BCUT2D eigenvalue weighted by atomic mass is 10.1. The first kappa shape index (κ1) is 21.1. The summed E-state index contributed by atoms with van der Waals surface area (Å²) in [5.74, 6) is -0.105. The van der Waals surface area contributed by atoms with E-state index in [0.29, 0.717) is 21.3 Å². The van der Waals surface area contributed by atoms with Crippen molar-refractivity contribution in [2.45, 2.75) is 13.3 Å². The van der Waals surface area contributed by atoms with Gasteiger partial charge in [-0.25, -0.2) is 0 Å². The summed E-state index contributed by atoms with van der Waals surface area (Å²) in [6.45, 7) is 6.16. The molecule has 0 radical (unpaired) electrons. The van der Waals surface area contributed by atoms with Crippen LogP contribution < -0.4 is 10.5 Å². The fraction of sp³-hybridized carbons (Fsp3) is 0.409. The Hall–Kier alpha value is -2.16. The van der Waals surface area contributed by atoms with Crippen LogP contribution in [-0.4, -0.2) is 64.4 Å². The second-order valence-electron chi connectivity index (χ2n) is 7.77. The Balaban J connectivity index is 1.90. The highest BCUT2D eigenvalue weighted by Gasteiger charge is 2.32. The summed E-state index contributed by atoms with van der Waals surface area (Å²) in [6.07, 6.45) is 2.60. The summed E-state index contributed by atoms with van der Waals surface area (Å²) in [7, 11) is 3.90. The minimum absolute atomic E-state index is 0.0941. The fourth-order valence-corrected chi connectivity index (χ4v) is 5.34. The average molecular weight is 443 g/mol. The molecule has 0 saturated carbocycles. The van der Waals surface area contributed by atoms with E-state index in [1.54, 1.807) is 22.6 Å². The molecule has 4 rings (SSSR count). The molecule has 8 heteroatoms. The van der Waals surface area contributed by atoms with Crippen LogP contribution in [0.25, 0.3) is 17.0 Å². The fourth-order valence-electron chi connectivity index (χ4n) is 4.05. The summed E-state index contributed by atoms with van der Waals surface area (Å²) in [4.78, 5) is 33.1. The SMILES string of the molecule is CCCN1C(=O)C(=Cc2c(N3CCN(C)CC3)c3ccccc3n(C)c2=O)SC1=S. The number of fused-ring (bicyclic) bond motifs is 1. The Morgan fingerprint density at radius 1 is 1.10 bits per heavy atom. The first-order chi connectivity index (χ1) is 14.4. The molecule has 0 spiro atoms. The number of piperazine rings is 1. The highest BCUT2D eigenvalue weighted by Crippen LogP contribution is 2.36. The highest BCUT2D eigenvalue weighted by molar-refractivity contribution is 8.26. The van der Waals surface area contributed by atoms with E-state index in [0.717, 1.165) is 49.2 Å². The molecule has 3 heterocycles. The van der Waals surface area contributed by atoms with Gasteiger partial charge in [0.15, 0.2) is 0 Å². The lowest BCUT2D eigenvalue weighted by Gasteiger charge is -2.35. The molecule has 0 atom stereocenters. The van der Waals surface area contributed by atoms with E-state index >= 15 is 0 Å². The number of para-hydroxylation sites is 1. The van der Waals surface area contributed by atoms with Crippen molar-refractivity contribution in [3.63, 3.8) is 0 Å². The number of anilines is 1. The molecule has 2 aliphatic rings. The number of amides is 1. The van der Waals surface area contributed by atoms with Crippen molar-refractivity contribution >= 4 is 56.9 Å². The second kappa shape index (κ2) is 8.53. The Labute approximate surface area is 186 Å². The van der Waals surface area contributed by atoms with Crippen molar-refractivity contribution in [3.05, 3.63) is 45.1 Å². The number of rotatable bonds is 4. The molecule has 0 aliphatic carbocycles. The number of carbonyl (C=O) groups excluding carboxylic acids is 1. The van der Waals surface area contributed by atoms with Crippen molar-refractivity contribution in [3.8, 4) is 0 Å². The zero-order chi connectivity index (χ0) is 21.4. The van der Waals surface area contributed by atoms with Gasteiger partial charge >= 0.3 is 0 Å². The molecule has 1 aromatic heterocycles. The van der Waals surface area contributed by atoms with Crippen LogP contribution in [0, 0.1) is 0 Å². The van der Waals surface area contributed by atoms with Crippen molar-refractivity contribution in [2.24, 2.45) is 7.05 Å². The molecule has 2 saturated heterocycles. The van der Waals surface area contributed by atoms with Gasteiger partial charge in [0.05, 0.1) is 21.7 Å². The van der Waals surface area contributed by atoms with Gasteiger partial charge in [0.25, 0.3) is 11.5 Å². The van der Waals surface area contributed by atoms with Gasteiger partial charge < -0.3 is 14.4 Å². The molecule has 1 aromatic carbocycles. The molecule has 0 unspecified atom stereocenters. The monoisotopic (exact) mass is 442 g/mol. The summed E-state index contributed by atoms with van der Waals surface area (Å²) in [5.41, 5.74) is 2.29. The van der Waals surface area contributed by atoms with Gasteiger partial charge in [0.2, 0.25) is 0 Å². The van der Waals surface area contributed by atoms with Gasteiger partial charge in [-0.1, -0.05) is 49.1 Å². The summed E-state index contributed by atoms with van der Waals surface area (Å²) in [6, 6.07) is 7.98. The van der Waals surface area contributed by atoms with E-state index in [4.69, 9.17) is 12.2 Å². The van der Waals surface area contributed by atoms with Gasteiger partial charge in [-0.2, -0.15) is 0 Å². The first-order valence-electron chi connectivity index (χ1n) is 10.2. The third-order valence-electron chi connectivity index (χ3n) is 5.73. The van der Waals surface area contributed by atoms with Crippen molar-refractivity contribution < 1.29 is 4.79 Å². The average Bonchev–Trinajstić information content (AvgIpc) is 3.01. The van der Waals surface area contributed by atoms with E-state index in [9.17, 15) is 9.59 Å². The minimum atomic E-state index is -0.105. The van der Waals surface area contributed by atoms with E-state index in [1.165, 1.54) is 11.8 Å². The number of hydrogen-bond acceptors (Lipinski definition) is 6. The minimum Gasteiger partial charge on any atom is -0.368 e. The van der Waals surface area contributed by atoms with Crippen LogP contribution >= 0.6 is 24.0 Å². The molecule has 2 aliphatic heterocycles. The van der Waals surface area contributed by atoms with E-state index in [1.807, 2.05) is 25.1 Å². The van der Waals surface area contributed by atoms with Gasteiger partial charge in [-0.05, 0) is 25.6 Å². The Kier molecular flexibility index (Phi) is 5.99. The molecular formula is C22H26N4O2S2. The molecule has 158 valence electrons. The number of thiocarbonyl (C=S) groups is 1. The molecule has 30 heavy (non-hydrogen) atoms. The normalized spacial score (nSPS) is 19.5. The van der Waals surface area contributed by atoms with Crippen molar-refractivity contribution in [1.82, 2.24) is 14.4 Å². The van der Waals surface area contributed by atoms with Gasteiger partial charge in [0.1, 0.15) is 4.32 Å². The van der Waals surface area contributed by atoms with E-state index < -0.39 is 0 Å². The number of likely N-dealkylation sites (N-methyl/N-ethyl adjacent to an activating group) is 1. The van der Waals surface area contributed by atoms with Crippen LogP contribution in [0.2, 0.25) is 0 Å². The predicted molar refractivity (Wildman–Crippen MR) is 129 cm³/mol. The highest BCUT2D eigenvalue weighted by atomic mass is 32.2. The number of nitrogens with zero attached hydrogens (tertiary/aromatic N) is 4. The van der Waals surface area contributed by atoms with Crippen molar-refractivity contribution in [2.75, 3.05) is 44.7 Å². The predicted octanol–water partition coefficient (Wildman–Crippen LogP) is 2.90. The van der Waals surface area contributed by atoms with Crippen molar-refractivity contribution in [1.29, 1.82) is 0 Å². The zero-order valence-corrected chi connectivity index (χ0v) is 19.2. The number of carbonyl (C=O) groups is 1. The third-order valence-corrected chi connectivity index (χ3v) is 7.10. The largest absolute Gasteiger partial charge is 0.368 e. The Bertz CT molecular complexity index is 1100. The van der Waals surface area contributed by atoms with Gasteiger partial charge in [-0.15, -0.1) is 0 Å². The summed E-state index contributed by atoms with van der Waals surface area (Å²) < 4.78 is 2.24. The summed E-state index contributed by atoms with van der Waals surface area (Å²) >= 11 is 6.70. The second-order valence-corrected chi connectivity index (χ2v) is 9.44. The topological polar surface area (TPSA) is 48.8 Å². The van der Waals surface area contributed by atoms with Crippen LogP contribution in [0.15, 0.2) is 34.0 Å². The Morgan fingerprint density at radius 3 is 2.50 bits per heavy atom. The maximum absolute atomic E-state index is 13.4. The third kappa shape index (κ3) is 3.68. The van der Waals surface area contributed by atoms with E-state index in [-0.39, 0.29) is 11.5 Å². The molecule has 1 amide bonds. The lowest BCUT2D eigenvalue weighted by molar-refractivity contribution is -0.122. The lowest BCUT2D eigenvalue weighted by Crippen LogP contribution is -2.45. The molecule has 2 fully saturated rings. The van der Waals surface area contributed by atoms with Crippen LogP contribution in [-0.2, 0) is 11.8 Å². The van der Waals surface area contributed by atoms with Gasteiger partial charge in [-0.3, -0.25) is 14.5 Å². The number of benzene rings is 1. The van der Waals surface area contributed by atoms with Gasteiger partial charge in [0, 0.05) is 45.2 Å². The number of aryl methyl sites for hydroxylation is 1. The zero-order valence-electron chi connectivity index (χ0n) is 17.6. The standard InChI is InChI=1S/C22H26N4O2S2/c1-4-9-26-21(28)18(30-22(26)29)14-16-19(25-12-10-23(2)11-13-25)15-7-5-6-8-17(15)24(3)20(16)27/h5-8,14H,4,9-13H2,1-3H3. The number of pyridine rings is 1. The Morgan fingerprint density at radius 2 is 1.80 bits per heavy atom.